The quantitative estimate of drug-likeness (QED) is 0.510. The van der Waals surface area contributed by atoms with Gasteiger partial charge in [-0.05, 0) is 67.7 Å². The van der Waals surface area contributed by atoms with E-state index < -0.39 is 0 Å². The van der Waals surface area contributed by atoms with E-state index in [1.54, 1.807) is 0 Å². The van der Waals surface area contributed by atoms with Crippen LogP contribution in [0, 0.1) is 6.92 Å². The van der Waals surface area contributed by atoms with E-state index in [4.69, 9.17) is 12.2 Å². The van der Waals surface area contributed by atoms with Gasteiger partial charge in [0.1, 0.15) is 0 Å². The Bertz CT molecular complexity index is 723. The van der Waals surface area contributed by atoms with Crippen LogP contribution in [0.2, 0.25) is 0 Å². The van der Waals surface area contributed by atoms with Crippen molar-refractivity contribution in [3.05, 3.63) is 51.2 Å². The number of amides is 1. The average Bonchev–Trinajstić information content (AvgIpc) is 3.00. The van der Waals surface area contributed by atoms with Crippen molar-refractivity contribution in [1.82, 2.24) is 10.9 Å². The lowest BCUT2D eigenvalue weighted by atomic mass is 10.1. The largest absolute Gasteiger partial charge is 0.331 e. The van der Waals surface area contributed by atoms with Crippen molar-refractivity contribution in [2.75, 3.05) is 5.32 Å². The van der Waals surface area contributed by atoms with Gasteiger partial charge in [0.25, 0.3) is 5.91 Å². The van der Waals surface area contributed by atoms with Crippen molar-refractivity contribution in [3.8, 4) is 0 Å². The van der Waals surface area contributed by atoms with Gasteiger partial charge in [0.05, 0.1) is 4.88 Å². The number of carbonyl (C=O) groups excluding carboxylic acids is 1. The van der Waals surface area contributed by atoms with Gasteiger partial charge in [-0.15, -0.1) is 11.3 Å². The molecule has 6 heteroatoms. The molecule has 1 heterocycles. The number of thiocarbonyl (C=S) groups is 1. The molecule has 25 heavy (non-hydrogen) atoms. The standard InChI is InChI=1S/C19H25N3OS2/c1-4-6-7-14-8-10-15(11-9-14)20-19(24)22-21-18(23)17-12-13(3)16(5-2)25-17/h8-12H,4-7H2,1-3H3,(H,21,23)(H2,20,22,24). The number of rotatable bonds is 6. The Hall–Kier alpha value is -1.92. The smallest absolute Gasteiger partial charge is 0.279 e. The first-order chi connectivity index (χ1) is 12.0. The van der Waals surface area contributed by atoms with Crippen LogP contribution >= 0.6 is 23.6 Å². The molecule has 0 aliphatic rings. The van der Waals surface area contributed by atoms with E-state index in [0.29, 0.717) is 9.99 Å². The molecule has 2 rings (SSSR count). The predicted octanol–water partition coefficient (Wildman–Crippen LogP) is 4.59. The highest BCUT2D eigenvalue weighted by Crippen LogP contribution is 2.22. The molecule has 0 aliphatic carbocycles. The van der Waals surface area contributed by atoms with E-state index in [2.05, 4.69) is 42.1 Å². The lowest BCUT2D eigenvalue weighted by molar-refractivity contribution is 0.0948. The van der Waals surface area contributed by atoms with E-state index in [1.165, 1.54) is 34.6 Å². The van der Waals surface area contributed by atoms with E-state index in [-0.39, 0.29) is 5.91 Å². The Morgan fingerprint density at radius 2 is 1.88 bits per heavy atom. The Morgan fingerprint density at radius 3 is 2.48 bits per heavy atom. The second kappa shape index (κ2) is 9.53. The Labute approximate surface area is 159 Å². The zero-order chi connectivity index (χ0) is 18.2. The van der Waals surface area contributed by atoms with E-state index in [9.17, 15) is 4.79 Å². The predicted molar refractivity (Wildman–Crippen MR) is 110 cm³/mol. The van der Waals surface area contributed by atoms with Gasteiger partial charge in [-0.3, -0.25) is 15.6 Å². The van der Waals surface area contributed by atoms with Gasteiger partial charge in [0.2, 0.25) is 0 Å². The average molecular weight is 376 g/mol. The molecule has 1 amide bonds. The Balaban J connectivity index is 1.82. The second-order valence-corrected chi connectivity index (χ2v) is 7.45. The number of nitrogens with one attached hydrogen (secondary N) is 3. The number of hydrogen-bond acceptors (Lipinski definition) is 3. The third-order valence-corrected chi connectivity index (χ3v) is 5.47. The molecule has 3 N–H and O–H groups in total. The zero-order valence-corrected chi connectivity index (χ0v) is 16.6. The van der Waals surface area contributed by atoms with Crippen molar-refractivity contribution < 1.29 is 4.79 Å². The monoisotopic (exact) mass is 375 g/mol. The van der Waals surface area contributed by atoms with E-state index in [0.717, 1.165) is 24.1 Å². The summed E-state index contributed by atoms with van der Waals surface area (Å²) in [5.41, 5.74) is 8.76. The lowest BCUT2D eigenvalue weighted by Gasteiger charge is -2.11. The van der Waals surface area contributed by atoms with Crippen LogP contribution in [0.1, 0.15) is 52.4 Å². The number of carbonyl (C=O) groups is 1. The number of thiophene rings is 1. The fourth-order valence-corrected chi connectivity index (χ4v) is 3.63. The molecule has 0 unspecified atom stereocenters. The van der Waals surface area contributed by atoms with Gasteiger partial charge < -0.3 is 5.32 Å². The molecule has 0 spiro atoms. The van der Waals surface area contributed by atoms with Crippen molar-refractivity contribution >= 4 is 40.3 Å². The molecule has 134 valence electrons. The normalized spacial score (nSPS) is 10.4. The number of hydrazine groups is 1. The molecule has 1 aromatic carbocycles. The topological polar surface area (TPSA) is 53.2 Å². The SMILES string of the molecule is CCCCc1ccc(NC(=S)NNC(=O)c2cc(C)c(CC)s2)cc1. The third kappa shape index (κ3) is 5.83. The maximum Gasteiger partial charge on any atom is 0.279 e. The van der Waals surface area contributed by atoms with Crippen LogP contribution in [-0.2, 0) is 12.8 Å². The van der Waals surface area contributed by atoms with Crippen LogP contribution < -0.4 is 16.2 Å². The van der Waals surface area contributed by atoms with Crippen LogP contribution in [0.4, 0.5) is 5.69 Å². The first-order valence-corrected chi connectivity index (χ1v) is 9.81. The molecule has 0 atom stereocenters. The Morgan fingerprint density at radius 1 is 1.16 bits per heavy atom. The number of hydrogen-bond donors (Lipinski definition) is 3. The van der Waals surface area contributed by atoms with Gasteiger partial charge in [0.15, 0.2) is 5.11 Å². The number of unbranched alkanes of at least 4 members (excludes halogenated alkanes) is 1. The molecule has 0 radical (unpaired) electrons. The molecule has 0 saturated carbocycles. The van der Waals surface area contributed by atoms with E-state index in [1.807, 2.05) is 25.1 Å². The summed E-state index contributed by atoms with van der Waals surface area (Å²) in [6.45, 7) is 6.30. The van der Waals surface area contributed by atoms with Gasteiger partial charge in [-0.25, -0.2) is 0 Å². The van der Waals surface area contributed by atoms with Crippen molar-refractivity contribution in [2.45, 2.75) is 46.5 Å². The van der Waals surface area contributed by atoms with Crippen molar-refractivity contribution in [3.63, 3.8) is 0 Å². The second-order valence-electron chi connectivity index (χ2n) is 5.90. The molecule has 1 aromatic heterocycles. The van der Waals surface area contributed by atoms with Crippen LogP contribution in [-0.4, -0.2) is 11.0 Å². The highest BCUT2D eigenvalue weighted by molar-refractivity contribution is 7.80. The molecule has 2 aromatic rings. The Kier molecular flexibility index (Phi) is 7.40. The van der Waals surface area contributed by atoms with Crippen molar-refractivity contribution in [1.29, 1.82) is 0 Å². The van der Waals surface area contributed by atoms with Crippen LogP contribution in [0.25, 0.3) is 0 Å². The van der Waals surface area contributed by atoms with Gasteiger partial charge >= 0.3 is 0 Å². The van der Waals surface area contributed by atoms with Gasteiger partial charge in [-0.2, -0.15) is 0 Å². The summed E-state index contributed by atoms with van der Waals surface area (Å²) in [4.78, 5) is 14.1. The molecule has 0 fully saturated rings. The first-order valence-electron chi connectivity index (χ1n) is 8.59. The lowest BCUT2D eigenvalue weighted by Crippen LogP contribution is -2.43. The summed E-state index contributed by atoms with van der Waals surface area (Å²) in [5, 5.41) is 3.43. The van der Waals surface area contributed by atoms with E-state index >= 15 is 0 Å². The summed E-state index contributed by atoms with van der Waals surface area (Å²) in [6, 6.07) is 10.1. The molecular weight excluding hydrogens is 350 g/mol. The minimum Gasteiger partial charge on any atom is -0.331 e. The fourth-order valence-electron chi connectivity index (χ4n) is 2.46. The summed E-state index contributed by atoms with van der Waals surface area (Å²) >= 11 is 6.74. The zero-order valence-electron chi connectivity index (χ0n) is 14.9. The maximum atomic E-state index is 12.2. The minimum absolute atomic E-state index is 0.174. The molecule has 0 saturated heterocycles. The molecule has 0 aliphatic heterocycles. The molecular formula is C19H25N3OS2. The van der Waals surface area contributed by atoms with Crippen molar-refractivity contribution in [2.24, 2.45) is 0 Å². The highest BCUT2D eigenvalue weighted by Gasteiger charge is 2.11. The minimum atomic E-state index is -0.174. The van der Waals surface area contributed by atoms with Crippen LogP contribution in [0.5, 0.6) is 0 Å². The fraction of sp³-hybridized carbons (Fsp3) is 0.368. The van der Waals surface area contributed by atoms with Gasteiger partial charge in [-0.1, -0.05) is 32.4 Å². The number of anilines is 1. The van der Waals surface area contributed by atoms with Crippen LogP contribution in [0.3, 0.4) is 0 Å². The summed E-state index contributed by atoms with van der Waals surface area (Å²) in [5.74, 6) is -0.174. The summed E-state index contributed by atoms with van der Waals surface area (Å²) in [7, 11) is 0. The molecule has 4 nitrogen and oxygen atoms in total. The molecule has 0 bridgehead atoms. The first kappa shape index (κ1) is 19.4. The number of benzene rings is 1. The number of aryl methyl sites for hydroxylation is 3. The summed E-state index contributed by atoms with van der Waals surface area (Å²) in [6.07, 6.45) is 4.42. The summed E-state index contributed by atoms with van der Waals surface area (Å²) < 4.78 is 0. The maximum absolute atomic E-state index is 12.2. The highest BCUT2D eigenvalue weighted by atomic mass is 32.1. The van der Waals surface area contributed by atoms with Gasteiger partial charge in [0, 0.05) is 10.6 Å². The van der Waals surface area contributed by atoms with Crippen LogP contribution in [0.15, 0.2) is 30.3 Å². The third-order valence-electron chi connectivity index (χ3n) is 3.89.